The zero-order valence-corrected chi connectivity index (χ0v) is 9.26. The highest BCUT2D eigenvalue weighted by Crippen LogP contribution is 2.26. The van der Waals surface area contributed by atoms with Crippen molar-refractivity contribution >= 4 is 11.3 Å². The largest absolute Gasteiger partial charge is 0.333 e. The van der Waals surface area contributed by atoms with Gasteiger partial charge in [0.15, 0.2) is 5.82 Å². The van der Waals surface area contributed by atoms with Gasteiger partial charge in [0.05, 0.1) is 4.88 Å². The van der Waals surface area contributed by atoms with E-state index in [1.165, 1.54) is 5.56 Å². The highest BCUT2D eigenvalue weighted by Gasteiger charge is 2.12. The Morgan fingerprint density at radius 2 is 2.21 bits per heavy atom. The second kappa shape index (κ2) is 3.53. The third kappa shape index (κ3) is 1.70. The molecule has 2 aromatic heterocycles. The number of nitrogens with zero attached hydrogens (tertiary/aromatic N) is 2. The molecule has 4 heteroatoms. The quantitative estimate of drug-likeness (QED) is 0.760. The van der Waals surface area contributed by atoms with Crippen LogP contribution in [0.2, 0.25) is 0 Å². The predicted molar refractivity (Wildman–Crippen MR) is 56.4 cm³/mol. The van der Waals surface area contributed by atoms with Gasteiger partial charge < -0.3 is 4.52 Å². The van der Waals surface area contributed by atoms with Gasteiger partial charge in [0.25, 0.3) is 5.89 Å². The fourth-order valence-electron chi connectivity index (χ4n) is 1.11. The number of aryl methyl sites for hydroxylation is 1. The Morgan fingerprint density at radius 1 is 1.43 bits per heavy atom. The molecule has 0 aliphatic heterocycles. The maximum Gasteiger partial charge on any atom is 0.268 e. The molecule has 2 rings (SSSR count). The van der Waals surface area contributed by atoms with Gasteiger partial charge in [-0.1, -0.05) is 19.0 Å². The molecule has 0 bridgehead atoms. The topological polar surface area (TPSA) is 38.9 Å². The minimum Gasteiger partial charge on any atom is -0.333 e. The van der Waals surface area contributed by atoms with Crippen LogP contribution in [0.4, 0.5) is 0 Å². The van der Waals surface area contributed by atoms with Gasteiger partial charge in [0, 0.05) is 5.92 Å². The molecule has 0 unspecified atom stereocenters. The van der Waals surface area contributed by atoms with E-state index >= 15 is 0 Å². The lowest BCUT2D eigenvalue weighted by atomic mass is 10.2. The molecule has 0 fully saturated rings. The van der Waals surface area contributed by atoms with Gasteiger partial charge in [-0.25, -0.2) is 0 Å². The van der Waals surface area contributed by atoms with Crippen molar-refractivity contribution in [3.8, 4) is 10.8 Å². The maximum atomic E-state index is 5.17. The summed E-state index contributed by atoms with van der Waals surface area (Å²) in [5, 5.41) is 6.00. The van der Waals surface area contributed by atoms with Crippen molar-refractivity contribution in [2.75, 3.05) is 0 Å². The zero-order valence-electron chi connectivity index (χ0n) is 8.44. The van der Waals surface area contributed by atoms with Crippen molar-refractivity contribution < 1.29 is 4.52 Å². The minimum absolute atomic E-state index is 0.313. The molecule has 0 aliphatic rings. The molecular formula is C10H12N2OS. The Morgan fingerprint density at radius 3 is 2.71 bits per heavy atom. The van der Waals surface area contributed by atoms with Gasteiger partial charge in [0.2, 0.25) is 0 Å². The van der Waals surface area contributed by atoms with Crippen LogP contribution in [0.5, 0.6) is 0 Å². The van der Waals surface area contributed by atoms with Crippen LogP contribution in [0.3, 0.4) is 0 Å². The Bertz CT molecular complexity index is 431. The standard InChI is InChI=1S/C10H12N2OS/c1-6(2)9-11-10(13-12-9)8-4-7(3)5-14-8/h4-6H,1-3H3. The molecule has 0 saturated heterocycles. The third-order valence-corrected chi connectivity index (χ3v) is 2.94. The molecule has 2 aromatic rings. The van der Waals surface area contributed by atoms with Gasteiger partial charge in [-0.05, 0) is 23.9 Å². The van der Waals surface area contributed by atoms with Crippen LogP contribution in [0.25, 0.3) is 10.8 Å². The first-order valence-corrected chi connectivity index (χ1v) is 5.44. The van der Waals surface area contributed by atoms with Gasteiger partial charge in [0.1, 0.15) is 0 Å². The highest BCUT2D eigenvalue weighted by atomic mass is 32.1. The maximum absolute atomic E-state index is 5.17. The van der Waals surface area contributed by atoms with E-state index in [1.807, 2.05) is 13.8 Å². The Balaban J connectivity index is 2.33. The molecule has 0 spiro atoms. The van der Waals surface area contributed by atoms with E-state index < -0.39 is 0 Å². The van der Waals surface area contributed by atoms with E-state index in [2.05, 4.69) is 28.5 Å². The smallest absolute Gasteiger partial charge is 0.268 e. The molecule has 0 aliphatic carbocycles. The lowest BCUT2D eigenvalue weighted by Crippen LogP contribution is -1.88. The summed E-state index contributed by atoms with van der Waals surface area (Å²) in [5.41, 5.74) is 1.23. The van der Waals surface area contributed by atoms with Crippen molar-refractivity contribution in [1.29, 1.82) is 0 Å². The highest BCUT2D eigenvalue weighted by molar-refractivity contribution is 7.13. The molecule has 0 atom stereocenters. The molecule has 0 aromatic carbocycles. The predicted octanol–water partition coefficient (Wildman–Crippen LogP) is 3.23. The summed E-state index contributed by atoms with van der Waals surface area (Å²) in [5.74, 6) is 1.71. The average molecular weight is 208 g/mol. The summed E-state index contributed by atoms with van der Waals surface area (Å²) in [7, 11) is 0. The summed E-state index contributed by atoms with van der Waals surface area (Å²) in [6.45, 7) is 6.16. The lowest BCUT2D eigenvalue weighted by molar-refractivity contribution is 0.420. The second-order valence-electron chi connectivity index (χ2n) is 3.60. The fourth-order valence-corrected chi connectivity index (χ4v) is 1.93. The first-order valence-electron chi connectivity index (χ1n) is 4.56. The fraction of sp³-hybridized carbons (Fsp3) is 0.400. The van der Waals surface area contributed by atoms with E-state index in [0.717, 1.165) is 10.7 Å². The molecule has 0 radical (unpaired) electrons. The van der Waals surface area contributed by atoms with E-state index in [4.69, 9.17) is 4.52 Å². The van der Waals surface area contributed by atoms with Gasteiger partial charge in [-0.3, -0.25) is 0 Å². The van der Waals surface area contributed by atoms with Crippen LogP contribution in [0, 0.1) is 6.92 Å². The van der Waals surface area contributed by atoms with Crippen molar-refractivity contribution in [1.82, 2.24) is 10.1 Å². The molecule has 3 nitrogen and oxygen atoms in total. The van der Waals surface area contributed by atoms with Gasteiger partial charge in [-0.2, -0.15) is 4.98 Å². The minimum atomic E-state index is 0.313. The van der Waals surface area contributed by atoms with Crippen LogP contribution in [-0.2, 0) is 0 Å². The third-order valence-electron chi connectivity index (χ3n) is 1.90. The summed E-state index contributed by atoms with van der Waals surface area (Å²) >= 11 is 1.63. The van der Waals surface area contributed by atoms with Crippen molar-refractivity contribution in [2.45, 2.75) is 26.7 Å². The summed E-state index contributed by atoms with van der Waals surface area (Å²) in [6, 6.07) is 2.06. The van der Waals surface area contributed by atoms with E-state index in [-0.39, 0.29) is 0 Å². The number of rotatable bonds is 2. The van der Waals surface area contributed by atoms with Crippen LogP contribution in [0.15, 0.2) is 16.0 Å². The average Bonchev–Trinajstić information content (AvgIpc) is 2.70. The number of thiophene rings is 1. The van der Waals surface area contributed by atoms with E-state index in [0.29, 0.717) is 11.8 Å². The van der Waals surface area contributed by atoms with E-state index in [9.17, 15) is 0 Å². The molecule has 0 N–H and O–H groups in total. The van der Waals surface area contributed by atoms with Crippen LogP contribution in [-0.4, -0.2) is 10.1 Å². The summed E-state index contributed by atoms with van der Waals surface area (Å²) in [4.78, 5) is 5.37. The first kappa shape index (κ1) is 9.40. The molecule has 14 heavy (non-hydrogen) atoms. The Kier molecular flexibility index (Phi) is 2.37. The van der Waals surface area contributed by atoms with Crippen molar-refractivity contribution in [2.24, 2.45) is 0 Å². The first-order chi connectivity index (χ1) is 6.66. The molecule has 74 valence electrons. The normalized spacial score (nSPS) is 11.1. The zero-order chi connectivity index (χ0) is 10.1. The Hall–Kier alpha value is -1.16. The van der Waals surface area contributed by atoms with Gasteiger partial charge >= 0.3 is 0 Å². The summed E-state index contributed by atoms with van der Waals surface area (Å²) in [6.07, 6.45) is 0. The van der Waals surface area contributed by atoms with E-state index in [1.54, 1.807) is 11.3 Å². The van der Waals surface area contributed by atoms with Crippen LogP contribution < -0.4 is 0 Å². The SMILES string of the molecule is Cc1csc(-c2nc(C(C)C)no2)c1. The Labute approximate surface area is 86.8 Å². The number of aromatic nitrogens is 2. The molecule has 0 saturated carbocycles. The molecule has 2 heterocycles. The van der Waals surface area contributed by atoms with Crippen molar-refractivity contribution in [3.63, 3.8) is 0 Å². The number of hydrogen-bond acceptors (Lipinski definition) is 4. The van der Waals surface area contributed by atoms with Crippen LogP contribution in [0.1, 0.15) is 31.2 Å². The summed E-state index contributed by atoms with van der Waals surface area (Å²) < 4.78 is 5.17. The van der Waals surface area contributed by atoms with Crippen molar-refractivity contribution in [3.05, 3.63) is 22.8 Å². The number of hydrogen-bond donors (Lipinski definition) is 0. The monoisotopic (exact) mass is 208 g/mol. The van der Waals surface area contributed by atoms with Gasteiger partial charge in [-0.15, -0.1) is 11.3 Å². The van der Waals surface area contributed by atoms with Crippen LogP contribution >= 0.6 is 11.3 Å². The second-order valence-corrected chi connectivity index (χ2v) is 4.51. The molecule has 0 amide bonds. The lowest BCUT2D eigenvalue weighted by Gasteiger charge is -1.91. The molecular weight excluding hydrogens is 196 g/mol.